The second-order valence-corrected chi connectivity index (χ2v) is 9.33. The number of aliphatic hydroxyl groups is 3. The molecule has 0 amide bonds. The minimum atomic E-state index is -1.13. The zero-order valence-corrected chi connectivity index (χ0v) is 15.8. The molecule has 26 heavy (non-hydrogen) atoms. The topological polar surface area (TPSA) is 99.5 Å². The summed E-state index contributed by atoms with van der Waals surface area (Å²) in [6.07, 6.45) is 2.64. The van der Waals surface area contributed by atoms with Gasteiger partial charge in [0.25, 0.3) is 0 Å². The molecule has 2 aliphatic carbocycles. The number of cyclic esters (lactones) is 1. The number of epoxide rings is 1. The Kier molecular flexibility index (Phi) is 4.09. The number of rotatable bonds is 3. The van der Waals surface area contributed by atoms with Crippen LogP contribution in [0.3, 0.4) is 0 Å². The van der Waals surface area contributed by atoms with E-state index in [0.29, 0.717) is 30.9 Å². The van der Waals surface area contributed by atoms with Gasteiger partial charge in [-0.25, -0.2) is 4.79 Å². The molecule has 0 aromatic heterocycles. The van der Waals surface area contributed by atoms with Crippen molar-refractivity contribution in [1.82, 2.24) is 0 Å². The normalized spacial score (nSPS) is 53.2. The van der Waals surface area contributed by atoms with Gasteiger partial charge in [0, 0.05) is 11.0 Å². The molecule has 1 spiro atoms. The second-order valence-electron chi connectivity index (χ2n) is 9.33. The van der Waals surface area contributed by atoms with E-state index in [0.717, 1.165) is 19.3 Å². The third-order valence-corrected chi connectivity index (χ3v) is 8.30. The van der Waals surface area contributed by atoms with Crippen LogP contribution in [0.15, 0.2) is 11.6 Å². The quantitative estimate of drug-likeness (QED) is 0.517. The lowest BCUT2D eigenvalue weighted by atomic mass is 9.43. The fourth-order valence-corrected chi connectivity index (χ4v) is 6.19. The van der Waals surface area contributed by atoms with Crippen LogP contribution in [0.25, 0.3) is 0 Å². The Morgan fingerprint density at radius 1 is 1.27 bits per heavy atom. The van der Waals surface area contributed by atoms with Crippen LogP contribution in [-0.2, 0) is 14.3 Å². The highest BCUT2D eigenvalue weighted by Crippen LogP contribution is 2.68. The van der Waals surface area contributed by atoms with Crippen LogP contribution < -0.4 is 0 Å². The molecule has 0 aromatic carbocycles. The van der Waals surface area contributed by atoms with E-state index in [2.05, 4.69) is 20.8 Å². The number of fused-ring (bicyclic) bond motifs is 2. The Morgan fingerprint density at radius 3 is 2.54 bits per heavy atom. The summed E-state index contributed by atoms with van der Waals surface area (Å²) in [5, 5.41) is 30.6. The van der Waals surface area contributed by atoms with E-state index < -0.39 is 30.1 Å². The Morgan fingerprint density at radius 2 is 1.96 bits per heavy atom. The first-order valence-electron chi connectivity index (χ1n) is 9.74. The molecule has 2 saturated carbocycles. The maximum atomic E-state index is 11.9. The fourth-order valence-electron chi connectivity index (χ4n) is 6.19. The summed E-state index contributed by atoms with van der Waals surface area (Å²) in [7, 11) is 0. The molecule has 4 aliphatic rings. The summed E-state index contributed by atoms with van der Waals surface area (Å²) in [5.74, 6) is 0.192. The lowest BCUT2D eigenvalue weighted by Crippen LogP contribution is -2.65. The molecule has 8 atom stereocenters. The average Bonchev–Trinajstić information content (AvgIpc) is 3.33. The summed E-state index contributed by atoms with van der Waals surface area (Å²) in [4.78, 5) is 11.9. The van der Waals surface area contributed by atoms with Crippen molar-refractivity contribution in [2.45, 2.75) is 77.0 Å². The van der Waals surface area contributed by atoms with Crippen molar-refractivity contribution in [2.75, 3.05) is 6.61 Å². The van der Waals surface area contributed by atoms with Gasteiger partial charge >= 0.3 is 5.97 Å². The number of carbonyl (C=O) groups excluding carboxylic acids is 1. The highest BCUT2D eigenvalue weighted by molar-refractivity contribution is 5.90. The van der Waals surface area contributed by atoms with Crippen LogP contribution in [-0.4, -0.2) is 52.0 Å². The van der Waals surface area contributed by atoms with Crippen LogP contribution in [0.1, 0.15) is 52.9 Å². The fraction of sp³-hybridized carbons (Fsp3) is 0.850. The molecule has 0 radical (unpaired) electrons. The van der Waals surface area contributed by atoms with Crippen LogP contribution >= 0.6 is 0 Å². The molecule has 0 bridgehead atoms. The first-order chi connectivity index (χ1) is 12.1. The van der Waals surface area contributed by atoms with Gasteiger partial charge < -0.3 is 24.8 Å². The number of carbonyl (C=O) groups is 1. The lowest BCUT2D eigenvalue weighted by molar-refractivity contribution is -0.197. The monoisotopic (exact) mass is 366 g/mol. The van der Waals surface area contributed by atoms with Crippen LogP contribution in [0, 0.1) is 22.7 Å². The number of aliphatic hydroxyl groups excluding tert-OH is 3. The predicted octanol–water partition coefficient (Wildman–Crippen LogP) is 1.52. The predicted molar refractivity (Wildman–Crippen MR) is 92.8 cm³/mol. The summed E-state index contributed by atoms with van der Waals surface area (Å²) in [5.41, 5.74) is -0.371. The zero-order valence-electron chi connectivity index (χ0n) is 15.8. The third kappa shape index (κ3) is 2.35. The molecule has 3 N–H and O–H groups in total. The van der Waals surface area contributed by atoms with E-state index in [4.69, 9.17) is 9.47 Å². The van der Waals surface area contributed by atoms with Gasteiger partial charge in [-0.3, -0.25) is 0 Å². The second kappa shape index (κ2) is 5.77. The van der Waals surface area contributed by atoms with Gasteiger partial charge in [0.15, 0.2) is 0 Å². The number of esters is 1. The summed E-state index contributed by atoms with van der Waals surface area (Å²) in [6, 6.07) is 0. The molecule has 2 heterocycles. The molecule has 0 aromatic rings. The van der Waals surface area contributed by atoms with E-state index in [1.807, 2.05) is 0 Å². The molecule has 6 nitrogen and oxygen atoms in total. The van der Waals surface area contributed by atoms with Crippen LogP contribution in [0.5, 0.6) is 0 Å². The van der Waals surface area contributed by atoms with Crippen molar-refractivity contribution in [3.63, 3.8) is 0 Å². The molecule has 2 aliphatic heterocycles. The number of ether oxygens (including phenoxy) is 2. The highest BCUT2D eigenvalue weighted by Gasteiger charge is 2.73. The molecule has 146 valence electrons. The van der Waals surface area contributed by atoms with Gasteiger partial charge in [0.2, 0.25) is 6.29 Å². The Bertz CT molecular complexity index is 640. The van der Waals surface area contributed by atoms with Gasteiger partial charge in [-0.2, -0.15) is 0 Å². The number of hydrogen-bond acceptors (Lipinski definition) is 6. The van der Waals surface area contributed by atoms with Crippen molar-refractivity contribution in [2.24, 2.45) is 22.7 Å². The van der Waals surface area contributed by atoms with Crippen molar-refractivity contribution < 1.29 is 29.6 Å². The Balaban J connectivity index is 1.62. The van der Waals surface area contributed by atoms with E-state index >= 15 is 0 Å². The minimum absolute atomic E-state index is 0.0955. The largest absolute Gasteiger partial charge is 0.429 e. The molecular weight excluding hydrogens is 336 g/mol. The lowest BCUT2D eigenvalue weighted by Gasteiger charge is -2.61. The number of hydrogen-bond donors (Lipinski definition) is 3. The summed E-state index contributed by atoms with van der Waals surface area (Å²) >= 11 is 0. The maximum Gasteiger partial charge on any atom is 0.336 e. The van der Waals surface area contributed by atoms with E-state index in [9.17, 15) is 20.1 Å². The molecule has 6 heteroatoms. The van der Waals surface area contributed by atoms with Crippen LogP contribution in [0.2, 0.25) is 0 Å². The van der Waals surface area contributed by atoms with E-state index in [-0.39, 0.29) is 16.7 Å². The zero-order chi connectivity index (χ0) is 18.9. The van der Waals surface area contributed by atoms with Gasteiger partial charge in [0.1, 0.15) is 11.7 Å². The third-order valence-electron chi connectivity index (χ3n) is 8.30. The first kappa shape index (κ1) is 18.4. The van der Waals surface area contributed by atoms with Crippen molar-refractivity contribution in [3.8, 4) is 0 Å². The summed E-state index contributed by atoms with van der Waals surface area (Å²) < 4.78 is 10.6. The van der Waals surface area contributed by atoms with Crippen LogP contribution in [0.4, 0.5) is 0 Å². The first-order valence-corrected chi connectivity index (χ1v) is 9.74. The average molecular weight is 366 g/mol. The van der Waals surface area contributed by atoms with Gasteiger partial charge in [-0.1, -0.05) is 20.8 Å². The molecular formula is C20H30O6. The SMILES string of the molecule is C[C@@H]1CC[C@]2(C)[C@@H](C[C@@H](O)[C@@H](O)[C@@]23CO3)[C@@]1(C)CCC1=C[C@@H](O)OC1=O. The molecule has 3 fully saturated rings. The Labute approximate surface area is 154 Å². The maximum absolute atomic E-state index is 11.9. The van der Waals surface area contributed by atoms with E-state index in [1.165, 1.54) is 6.08 Å². The molecule has 1 saturated heterocycles. The summed E-state index contributed by atoms with van der Waals surface area (Å²) in [6.45, 7) is 7.20. The molecule has 4 rings (SSSR count). The van der Waals surface area contributed by atoms with Gasteiger partial charge in [-0.05, 0) is 55.4 Å². The van der Waals surface area contributed by atoms with Crippen molar-refractivity contribution in [3.05, 3.63) is 11.6 Å². The highest BCUT2D eigenvalue weighted by atomic mass is 16.6. The van der Waals surface area contributed by atoms with Gasteiger partial charge in [0.05, 0.1) is 12.7 Å². The Hall–Kier alpha value is -0.950. The van der Waals surface area contributed by atoms with Crippen molar-refractivity contribution >= 4 is 5.97 Å². The van der Waals surface area contributed by atoms with Gasteiger partial charge in [-0.15, -0.1) is 0 Å². The molecule has 0 unspecified atom stereocenters. The minimum Gasteiger partial charge on any atom is -0.429 e. The van der Waals surface area contributed by atoms with E-state index in [1.54, 1.807) is 0 Å². The smallest absolute Gasteiger partial charge is 0.336 e. The van der Waals surface area contributed by atoms with Crippen molar-refractivity contribution in [1.29, 1.82) is 0 Å². The standard InChI is InChI=1S/C20H30O6/c1-11-4-7-19(3)14(9-13(21)16(23)20(19)10-25-20)18(11,2)6-5-12-8-15(22)26-17(12)24/h8,11,13-16,21-23H,4-7,9-10H2,1-3H3/t11-,13-,14+,15+,16-,18+,19-,20+/m1/s1.